The number of hydrogen-bond donors (Lipinski definition) is 1. The monoisotopic (exact) mass is 185 g/mol. The Morgan fingerprint density at radius 1 is 1.54 bits per heavy atom. The lowest BCUT2D eigenvalue weighted by atomic mass is 10.3. The first-order valence-corrected chi connectivity index (χ1v) is 4.59. The normalized spacial score (nSPS) is 12.7. The van der Waals surface area contributed by atoms with Gasteiger partial charge in [0, 0.05) is 11.6 Å². The summed E-state index contributed by atoms with van der Waals surface area (Å²) < 4.78 is 5.12. The van der Waals surface area contributed by atoms with Crippen molar-refractivity contribution >= 4 is 5.97 Å². The van der Waals surface area contributed by atoms with Gasteiger partial charge in [0.25, 0.3) is 0 Å². The molecule has 0 aliphatic rings. The SMILES string of the molecule is C=C(C)C(=O)OC(CC)NC(C)C. The summed E-state index contributed by atoms with van der Waals surface area (Å²) in [4.78, 5) is 11.1. The molecule has 0 heterocycles. The molecule has 13 heavy (non-hydrogen) atoms. The van der Waals surface area contributed by atoms with E-state index in [4.69, 9.17) is 4.74 Å². The first-order valence-electron chi connectivity index (χ1n) is 4.59. The summed E-state index contributed by atoms with van der Waals surface area (Å²) in [5.74, 6) is -0.333. The molecule has 0 aliphatic carbocycles. The second kappa shape index (κ2) is 5.75. The van der Waals surface area contributed by atoms with Crippen LogP contribution in [0, 0.1) is 0 Å². The molecule has 0 aromatic carbocycles. The summed E-state index contributed by atoms with van der Waals surface area (Å²) >= 11 is 0. The molecule has 0 fully saturated rings. The topological polar surface area (TPSA) is 38.3 Å². The maximum atomic E-state index is 11.1. The van der Waals surface area contributed by atoms with Gasteiger partial charge in [-0.3, -0.25) is 5.32 Å². The van der Waals surface area contributed by atoms with Crippen LogP contribution in [0.5, 0.6) is 0 Å². The summed E-state index contributed by atoms with van der Waals surface area (Å²) in [6.45, 7) is 11.1. The van der Waals surface area contributed by atoms with Crippen LogP contribution < -0.4 is 5.32 Å². The molecule has 76 valence electrons. The van der Waals surface area contributed by atoms with Crippen LogP contribution >= 0.6 is 0 Å². The van der Waals surface area contributed by atoms with Crippen LogP contribution in [-0.2, 0) is 9.53 Å². The second-order valence-electron chi connectivity index (χ2n) is 3.40. The van der Waals surface area contributed by atoms with Gasteiger partial charge in [-0.05, 0) is 27.2 Å². The predicted molar refractivity (Wildman–Crippen MR) is 53.3 cm³/mol. The molecule has 0 radical (unpaired) electrons. The molecule has 0 bridgehead atoms. The van der Waals surface area contributed by atoms with Gasteiger partial charge < -0.3 is 4.74 Å². The Labute approximate surface area is 80.2 Å². The Morgan fingerprint density at radius 2 is 2.08 bits per heavy atom. The van der Waals surface area contributed by atoms with Crippen LogP contribution in [0.25, 0.3) is 0 Å². The van der Waals surface area contributed by atoms with E-state index in [1.807, 2.05) is 20.8 Å². The molecule has 0 amide bonds. The van der Waals surface area contributed by atoms with Crippen molar-refractivity contribution in [2.75, 3.05) is 0 Å². The fourth-order valence-electron chi connectivity index (χ4n) is 0.837. The summed E-state index contributed by atoms with van der Waals surface area (Å²) in [5, 5.41) is 3.13. The molecular weight excluding hydrogens is 166 g/mol. The number of carbonyl (C=O) groups is 1. The van der Waals surface area contributed by atoms with Crippen molar-refractivity contribution in [3.63, 3.8) is 0 Å². The Balaban J connectivity index is 3.97. The number of ether oxygens (including phenoxy) is 1. The molecule has 1 N–H and O–H groups in total. The molecule has 3 nitrogen and oxygen atoms in total. The molecule has 0 spiro atoms. The Bertz CT molecular complexity index is 187. The zero-order valence-corrected chi connectivity index (χ0v) is 8.89. The summed E-state index contributed by atoms with van der Waals surface area (Å²) in [6, 6.07) is 0.308. The molecule has 0 saturated heterocycles. The fraction of sp³-hybridized carbons (Fsp3) is 0.700. The van der Waals surface area contributed by atoms with Gasteiger partial charge in [0.05, 0.1) is 0 Å². The van der Waals surface area contributed by atoms with Crippen LogP contribution in [0.3, 0.4) is 0 Å². The minimum atomic E-state index is -0.333. The van der Waals surface area contributed by atoms with Gasteiger partial charge in [0.15, 0.2) is 6.23 Å². The minimum Gasteiger partial charge on any atom is -0.443 e. The predicted octanol–water partition coefficient (Wildman–Crippen LogP) is 1.84. The first-order chi connectivity index (χ1) is 5.97. The van der Waals surface area contributed by atoms with E-state index in [1.54, 1.807) is 6.92 Å². The van der Waals surface area contributed by atoms with E-state index in [9.17, 15) is 4.79 Å². The first kappa shape index (κ1) is 12.2. The Hall–Kier alpha value is -0.830. The van der Waals surface area contributed by atoms with Crippen LogP contribution in [-0.4, -0.2) is 18.2 Å². The third-order valence-electron chi connectivity index (χ3n) is 1.49. The standard InChI is InChI=1S/C10H19NO2/c1-6-9(11-8(4)5)13-10(12)7(2)3/h8-9,11H,2,6H2,1,3-5H3. The highest BCUT2D eigenvalue weighted by atomic mass is 16.6. The van der Waals surface area contributed by atoms with Gasteiger partial charge in [0.1, 0.15) is 0 Å². The Kier molecular flexibility index (Phi) is 5.39. The molecule has 0 aromatic rings. The molecule has 0 aromatic heterocycles. The van der Waals surface area contributed by atoms with Crippen molar-refractivity contribution < 1.29 is 9.53 Å². The van der Waals surface area contributed by atoms with Crippen molar-refractivity contribution in [1.29, 1.82) is 0 Å². The molecule has 0 aliphatic heterocycles. The van der Waals surface area contributed by atoms with Crippen molar-refractivity contribution in [2.24, 2.45) is 0 Å². The van der Waals surface area contributed by atoms with Crippen molar-refractivity contribution in [1.82, 2.24) is 5.32 Å². The third kappa shape index (κ3) is 5.42. The van der Waals surface area contributed by atoms with Crippen molar-refractivity contribution in [3.05, 3.63) is 12.2 Å². The number of rotatable bonds is 5. The average molecular weight is 185 g/mol. The van der Waals surface area contributed by atoms with Gasteiger partial charge in [0.2, 0.25) is 0 Å². The van der Waals surface area contributed by atoms with E-state index in [0.29, 0.717) is 11.6 Å². The fourth-order valence-corrected chi connectivity index (χ4v) is 0.837. The molecule has 0 rings (SSSR count). The summed E-state index contributed by atoms with van der Waals surface area (Å²) in [7, 11) is 0. The quantitative estimate of drug-likeness (QED) is 0.403. The molecule has 3 heteroatoms. The number of esters is 1. The van der Waals surface area contributed by atoms with E-state index in [2.05, 4.69) is 11.9 Å². The third-order valence-corrected chi connectivity index (χ3v) is 1.49. The second-order valence-corrected chi connectivity index (χ2v) is 3.40. The van der Waals surface area contributed by atoms with Crippen molar-refractivity contribution in [3.8, 4) is 0 Å². The van der Waals surface area contributed by atoms with Gasteiger partial charge in [-0.1, -0.05) is 13.5 Å². The lowest BCUT2D eigenvalue weighted by Crippen LogP contribution is -2.37. The number of carbonyl (C=O) groups excluding carboxylic acids is 1. The average Bonchev–Trinajstić information content (AvgIpc) is 2.02. The van der Waals surface area contributed by atoms with Crippen LogP contribution in [0.15, 0.2) is 12.2 Å². The van der Waals surface area contributed by atoms with Gasteiger partial charge >= 0.3 is 5.97 Å². The molecule has 0 saturated carbocycles. The highest BCUT2D eigenvalue weighted by molar-refractivity contribution is 5.87. The van der Waals surface area contributed by atoms with Crippen LogP contribution in [0.2, 0.25) is 0 Å². The minimum absolute atomic E-state index is 0.204. The zero-order valence-electron chi connectivity index (χ0n) is 8.89. The van der Waals surface area contributed by atoms with Gasteiger partial charge in [-0.15, -0.1) is 0 Å². The van der Waals surface area contributed by atoms with Gasteiger partial charge in [-0.25, -0.2) is 4.79 Å². The maximum Gasteiger partial charge on any atom is 0.334 e. The van der Waals surface area contributed by atoms with Gasteiger partial charge in [-0.2, -0.15) is 0 Å². The zero-order chi connectivity index (χ0) is 10.4. The summed E-state index contributed by atoms with van der Waals surface area (Å²) in [6.07, 6.45) is 0.557. The van der Waals surface area contributed by atoms with E-state index >= 15 is 0 Å². The maximum absolute atomic E-state index is 11.1. The lowest BCUT2D eigenvalue weighted by Gasteiger charge is -2.19. The smallest absolute Gasteiger partial charge is 0.334 e. The number of hydrogen-bond acceptors (Lipinski definition) is 3. The van der Waals surface area contributed by atoms with E-state index in [-0.39, 0.29) is 12.2 Å². The highest BCUT2D eigenvalue weighted by Crippen LogP contribution is 2.00. The molecule has 1 atom stereocenters. The van der Waals surface area contributed by atoms with E-state index < -0.39 is 0 Å². The molecular formula is C10H19NO2. The van der Waals surface area contributed by atoms with Crippen LogP contribution in [0.4, 0.5) is 0 Å². The highest BCUT2D eigenvalue weighted by Gasteiger charge is 2.12. The van der Waals surface area contributed by atoms with Crippen molar-refractivity contribution in [2.45, 2.75) is 46.4 Å². The summed E-state index contributed by atoms with van der Waals surface area (Å²) in [5.41, 5.74) is 0.434. The van der Waals surface area contributed by atoms with E-state index in [1.165, 1.54) is 0 Å². The molecule has 1 unspecified atom stereocenters. The largest absolute Gasteiger partial charge is 0.443 e. The Morgan fingerprint density at radius 3 is 2.38 bits per heavy atom. The van der Waals surface area contributed by atoms with E-state index in [0.717, 1.165) is 6.42 Å². The van der Waals surface area contributed by atoms with Crippen LogP contribution in [0.1, 0.15) is 34.1 Å². The lowest BCUT2D eigenvalue weighted by molar-refractivity contribution is -0.146. The number of nitrogens with one attached hydrogen (secondary N) is 1.